The van der Waals surface area contributed by atoms with Gasteiger partial charge in [0.1, 0.15) is 6.10 Å². The summed E-state index contributed by atoms with van der Waals surface area (Å²) in [4.78, 5) is 0. The Bertz CT molecular complexity index is 567. The maximum absolute atomic E-state index is 6.08. The molecule has 0 amide bonds. The van der Waals surface area contributed by atoms with Gasteiger partial charge in [-0.1, -0.05) is 0 Å². The van der Waals surface area contributed by atoms with Crippen LogP contribution in [0.1, 0.15) is 25.7 Å². The molecule has 0 spiro atoms. The number of hydrogen-bond acceptors (Lipinski definition) is 4. The highest BCUT2D eigenvalue weighted by Crippen LogP contribution is 2.36. The van der Waals surface area contributed by atoms with Crippen molar-refractivity contribution in [2.75, 3.05) is 7.11 Å². The van der Waals surface area contributed by atoms with E-state index in [0.717, 1.165) is 48.1 Å². The molecule has 1 fully saturated rings. The van der Waals surface area contributed by atoms with Gasteiger partial charge in [-0.05, 0) is 37.8 Å². The van der Waals surface area contributed by atoms with Crippen LogP contribution in [0.5, 0.6) is 11.5 Å². The van der Waals surface area contributed by atoms with Gasteiger partial charge in [-0.2, -0.15) is 5.10 Å². The fourth-order valence-electron chi connectivity index (χ4n) is 2.74. The van der Waals surface area contributed by atoms with Gasteiger partial charge in [0.15, 0.2) is 11.5 Å². The molecular weight excluding hydrogens is 242 g/mol. The average Bonchev–Trinajstić information content (AvgIpc) is 2.87. The van der Waals surface area contributed by atoms with Gasteiger partial charge < -0.3 is 15.2 Å². The van der Waals surface area contributed by atoms with Gasteiger partial charge in [0.2, 0.25) is 0 Å². The number of nitrogens with zero attached hydrogens (tertiary/aromatic N) is 1. The van der Waals surface area contributed by atoms with E-state index >= 15 is 0 Å². The van der Waals surface area contributed by atoms with Crippen LogP contribution in [0.3, 0.4) is 0 Å². The first-order chi connectivity index (χ1) is 9.28. The maximum Gasteiger partial charge on any atom is 0.171 e. The Balaban J connectivity index is 1.87. The summed E-state index contributed by atoms with van der Waals surface area (Å²) in [7, 11) is 1.65. The molecule has 1 aromatic heterocycles. The van der Waals surface area contributed by atoms with Crippen molar-refractivity contribution in [3.63, 3.8) is 0 Å². The highest BCUT2D eigenvalue weighted by molar-refractivity contribution is 5.87. The standard InChI is InChI=1S/C14H19N3O2/c1-18-14-11-8-16-17-12(11)5-6-13(14)19-10-4-2-3-9(15)7-10/h5-6,8-10H,2-4,7,15H2,1H3,(H,16,17). The van der Waals surface area contributed by atoms with Crippen LogP contribution in [-0.4, -0.2) is 29.5 Å². The van der Waals surface area contributed by atoms with E-state index in [4.69, 9.17) is 15.2 Å². The molecule has 5 nitrogen and oxygen atoms in total. The minimum absolute atomic E-state index is 0.182. The average molecular weight is 261 g/mol. The SMILES string of the molecule is COc1c(OC2CCCC(N)C2)ccc2[nH]ncc12. The van der Waals surface area contributed by atoms with Gasteiger partial charge in [-0.15, -0.1) is 0 Å². The number of H-pyrrole nitrogens is 1. The van der Waals surface area contributed by atoms with Gasteiger partial charge in [-0.3, -0.25) is 5.10 Å². The zero-order valence-electron chi connectivity index (χ0n) is 11.1. The van der Waals surface area contributed by atoms with Crippen molar-refractivity contribution in [2.45, 2.75) is 37.8 Å². The van der Waals surface area contributed by atoms with E-state index in [9.17, 15) is 0 Å². The lowest BCUT2D eigenvalue weighted by molar-refractivity contribution is 0.140. The van der Waals surface area contributed by atoms with E-state index in [1.807, 2.05) is 12.1 Å². The number of rotatable bonds is 3. The zero-order chi connectivity index (χ0) is 13.2. The van der Waals surface area contributed by atoms with Gasteiger partial charge >= 0.3 is 0 Å². The summed E-state index contributed by atoms with van der Waals surface area (Å²) in [6.45, 7) is 0. The summed E-state index contributed by atoms with van der Waals surface area (Å²) in [5.41, 5.74) is 6.95. The van der Waals surface area contributed by atoms with E-state index in [0.29, 0.717) is 0 Å². The van der Waals surface area contributed by atoms with Crippen molar-refractivity contribution in [3.8, 4) is 11.5 Å². The predicted octanol–water partition coefficient (Wildman–Crippen LogP) is 2.22. The highest BCUT2D eigenvalue weighted by atomic mass is 16.5. The van der Waals surface area contributed by atoms with Crippen LogP contribution in [0.2, 0.25) is 0 Å². The second-order valence-corrected chi connectivity index (χ2v) is 5.09. The Morgan fingerprint density at radius 2 is 2.26 bits per heavy atom. The number of methoxy groups -OCH3 is 1. The van der Waals surface area contributed by atoms with Gasteiger partial charge in [0, 0.05) is 6.04 Å². The Morgan fingerprint density at radius 3 is 3.05 bits per heavy atom. The van der Waals surface area contributed by atoms with Crippen LogP contribution in [0, 0.1) is 0 Å². The van der Waals surface area contributed by atoms with E-state index in [2.05, 4.69) is 10.2 Å². The Morgan fingerprint density at radius 1 is 1.37 bits per heavy atom. The minimum atomic E-state index is 0.182. The molecule has 3 N–H and O–H groups in total. The predicted molar refractivity (Wildman–Crippen MR) is 73.5 cm³/mol. The van der Waals surface area contributed by atoms with E-state index < -0.39 is 0 Å². The normalized spacial score (nSPS) is 23.5. The third kappa shape index (κ3) is 2.38. The van der Waals surface area contributed by atoms with Crippen molar-refractivity contribution >= 4 is 10.9 Å². The van der Waals surface area contributed by atoms with E-state index in [1.54, 1.807) is 13.3 Å². The smallest absolute Gasteiger partial charge is 0.171 e. The van der Waals surface area contributed by atoms with Gasteiger partial charge in [0.25, 0.3) is 0 Å². The first-order valence-electron chi connectivity index (χ1n) is 6.70. The first kappa shape index (κ1) is 12.3. The summed E-state index contributed by atoms with van der Waals surface area (Å²) in [5.74, 6) is 1.51. The molecular formula is C14H19N3O2. The van der Waals surface area contributed by atoms with Crippen molar-refractivity contribution in [1.82, 2.24) is 10.2 Å². The molecule has 1 aliphatic rings. The maximum atomic E-state index is 6.08. The second-order valence-electron chi connectivity index (χ2n) is 5.09. The second kappa shape index (κ2) is 5.09. The number of nitrogens with two attached hydrogens (primary N) is 1. The quantitative estimate of drug-likeness (QED) is 0.888. The van der Waals surface area contributed by atoms with Gasteiger partial charge in [-0.25, -0.2) is 0 Å². The Labute approximate surface area is 112 Å². The number of benzene rings is 1. The monoisotopic (exact) mass is 261 g/mol. The molecule has 2 aromatic rings. The third-order valence-corrected chi connectivity index (χ3v) is 3.70. The van der Waals surface area contributed by atoms with Crippen LogP contribution in [0.25, 0.3) is 10.9 Å². The van der Waals surface area contributed by atoms with Gasteiger partial charge in [0.05, 0.1) is 24.2 Å². The van der Waals surface area contributed by atoms with E-state index in [1.165, 1.54) is 0 Å². The molecule has 19 heavy (non-hydrogen) atoms. The molecule has 5 heteroatoms. The summed E-state index contributed by atoms with van der Waals surface area (Å²) in [6, 6.07) is 4.14. The number of hydrogen-bond donors (Lipinski definition) is 2. The molecule has 2 unspecified atom stereocenters. The fourth-order valence-corrected chi connectivity index (χ4v) is 2.74. The topological polar surface area (TPSA) is 73.2 Å². The lowest BCUT2D eigenvalue weighted by Crippen LogP contribution is -2.33. The van der Waals surface area contributed by atoms with Crippen LogP contribution in [0.15, 0.2) is 18.3 Å². The van der Waals surface area contributed by atoms with Crippen molar-refractivity contribution in [2.24, 2.45) is 5.73 Å². The van der Waals surface area contributed by atoms with Crippen molar-refractivity contribution in [3.05, 3.63) is 18.3 Å². The Kier molecular flexibility index (Phi) is 3.29. The lowest BCUT2D eigenvalue weighted by atomic mass is 9.93. The summed E-state index contributed by atoms with van der Waals surface area (Å²) < 4.78 is 11.5. The minimum Gasteiger partial charge on any atom is -0.492 e. The van der Waals surface area contributed by atoms with E-state index in [-0.39, 0.29) is 12.1 Å². The zero-order valence-corrected chi connectivity index (χ0v) is 11.1. The van der Waals surface area contributed by atoms with Crippen LogP contribution in [0.4, 0.5) is 0 Å². The van der Waals surface area contributed by atoms with Crippen LogP contribution in [-0.2, 0) is 0 Å². The summed E-state index contributed by atoms with van der Waals surface area (Å²) in [6.07, 6.45) is 6.13. The molecule has 0 saturated heterocycles. The molecule has 102 valence electrons. The van der Waals surface area contributed by atoms with Crippen molar-refractivity contribution < 1.29 is 9.47 Å². The number of fused-ring (bicyclic) bond motifs is 1. The summed E-state index contributed by atoms with van der Waals surface area (Å²) in [5, 5.41) is 7.90. The van der Waals surface area contributed by atoms with Crippen LogP contribution < -0.4 is 15.2 Å². The molecule has 3 rings (SSSR count). The summed E-state index contributed by atoms with van der Waals surface area (Å²) >= 11 is 0. The first-order valence-corrected chi connectivity index (χ1v) is 6.70. The van der Waals surface area contributed by atoms with Crippen LogP contribution >= 0.6 is 0 Å². The fraction of sp³-hybridized carbons (Fsp3) is 0.500. The molecule has 0 aliphatic heterocycles. The number of aromatic amines is 1. The molecule has 1 aromatic carbocycles. The molecule has 2 atom stereocenters. The largest absolute Gasteiger partial charge is 0.492 e. The number of aromatic nitrogens is 2. The molecule has 0 radical (unpaired) electrons. The molecule has 0 bridgehead atoms. The molecule has 1 saturated carbocycles. The highest BCUT2D eigenvalue weighted by Gasteiger charge is 2.22. The molecule has 1 heterocycles. The number of nitrogens with one attached hydrogen (secondary N) is 1. The lowest BCUT2D eigenvalue weighted by Gasteiger charge is -2.27. The Hall–Kier alpha value is -1.75. The molecule has 1 aliphatic carbocycles. The van der Waals surface area contributed by atoms with Crippen molar-refractivity contribution in [1.29, 1.82) is 0 Å². The third-order valence-electron chi connectivity index (χ3n) is 3.70. The number of ether oxygens (including phenoxy) is 2.